The molecule has 0 aliphatic carbocycles. The van der Waals surface area contributed by atoms with Gasteiger partial charge in [-0.25, -0.2) is 4.98 Å². The molecule has 1 atom stereocenters. The summed E-state index contributed by atoms with van der Waals surface area (Å²) in [5.41, 5.74) is 1.97. The van der Waals surface area contributed by atoms with Crippen molar-refractivity contribution in [1.29, 1.82) is 0 Å². The summed E-state index contributed by atoms with van der Waals surface area (Å²) < 4.78 is 11.5. The molecular weight excluding hydrogens is 354 g/mol. The maximum Gasteiger partial charge on any atom is 0.241 e. The van der Waals surface area contributed by atoms with E-state index in [9.17, 15) is 4.79 Å². The minimum Gasteiger partial charge on any atom is -0.437 e. The molecule has 2 aliphatic heterocycles. The number of piperidine rings is 1. The molecule has 2 aromatic rings. The van der Waals surface area contributed by atoms with E-state index in [1.165, 1.54) is 0 Å². The highest BCUT2D eigenvalue weighted by molar-refractivity contribution is 5.79. The van der Waals surface area contributed by atoms with E-state index in [-0.39, 0.29) is 17.7 Å². The van der Waals surface area contributed by atoms with E-state index in [0.29, 0.717) is 25.6 Å². The standard InChI is InChI=1S/C22H27N3O3/c1-16-4-2-6-19(14-16)28-21-20(23-9-10-24-21)18-5-3-11-25(15-18)22(26)17-7-12-27-13-8-17/h2,4,6,9-10,14,17-18H,3,5,7-8,11-13,15H2,1H3/t18-/m1/s1. The molecule has 4 rings (SSSR count). The molecule has 148 valence electrons. The van der Waals surface area contributed by atoms with E-state index in [1.54, 1.807) is 12.4 Å². The van der Waals surface area contributed by atoms with Crippen LogP contribution in [0.4, 0.5) is 0 Å². The summed E-state index contributed by atoms with van der Waals surface area (Å²) in [6.45, 7) is 4.91. The van der Waals surface area contributed by atoms with Crippen LogP contribution in [-0.4, -0.2) is 47.1 Å². The maximum absolute atomic E-state index is 12.9. The number of ether oxygens (including phenoxy) is 2. The van der Waals surface area contributed by atoms with Crippen LogP contribution in [0.1, 0.15) is 42.9 Å². The maximum atomic E-state index is 12.9. The Hall–Kier alpha value is -2.47. The first-order valence-corrected chi connectivity index (χ1v) is 10.1. The Kier molecular flexibility index (Phi) is 5.86. The topological polar surface area (TPSA) is 64.6 Å². The predicted molar refractivity (Wildman–Crippen MR) is 105 cm³/mol. The third-order valence-electron chi connectivity index (χ3n) is 5.59. The lowest BCUT2D eigenvalue weighted by Gasteiger charge is -2.35. The van der Waals surface area contributed by atoms with E-state index in [2.05, 4.69) is 9.97 Å². The molecule has 2 aliphatic rings. The zero-order valence-corrected chi connectivity index (χ0v) is 16.3. The summed E-state index contributed by atoms with van der Waals surface area (Å²) in [6, 6.07) is 7.91. The highest BCUT2D eigenvalue weighted by Crippen LogP contribution is 2.33. The van der Waals surface area contributed by atoms with Gasteiger partial charge >= 0.3 is 0 Å². The van der Waals surface area contributed by atoms with Gasteiger partial charge in [-0.05, 0) is 50.3 Å². The molecule has 28 heavy (non-hydrogen) atoms. The number of hydrogen-bond acceptors (Lipinski definition) is 5. The van der Waals surface area contributed by atoms with Crippen LogP contribution in [0.3, 0.4) is 0 Å². The number of aromatic nitrogens is 2. The summed E-state index contributed by atoms with van der Waals surface area (Å²) in [5, 5.41) is 0. The molecular formula is C22H27N3O3. The lowest BCUT2D eigenvalue weighted by atomic mass is 9.92. The first kappa shape index (κ1) is 18.9. The fraction of sp³-hybridized carbons (Fsp3) is 0.500. The molecule has 1 amide bonds. The molecule has 6 heteroatoms. The van der Waals surface area contributed by atoms with Gasteiger partial charge in [0.05, 0.1) is 0 Å². The van der Waals surface area contributed by atoms with Gasteiger partial charge in [-0.3, -0.25) is 9.78 Å². The van der Waals surface area contributed by atoms with Crippen LogP contribution in [0.15, 0.2) is 36.7 Å². The van der Waals surface area contributed by atoms with E-state index >= 15 is 0 Å². The van der Waals surface area contributed by atoms with Gasteiger partial charge in [-0.2, -0.15) is 0 Å². The Morgan fingerprint density at radius 2 is 2.00 bits per heavy atom. The number of nitrogens with zero attached hydrogens (tertiary/aromatic N) is 3. The summed E-state index contributed by atoms with van der Waals surface area (Å²) in [5.74, 6) is 1.80. The molecule has 0 spiro atoms. The van der Waals surface area contributed by atoms with Crippen molar-refractivity contribution in [3.8, 4) is 11.6 Å². The second kappa shape index (κ2) is 8.69. The van der Waals surface area contributed by atoms with E-state index in [4.69, 9.17) is 9.47 Å². The minimum atomic E-state index is 0.0948. The number of carbonyl (C=O) groups is 1. The number of rotatable bonds is 4. The molecule has 0 radical (unpaired) electrons. The molecule has 2 fully saturated rings. The quantitative estimate of drug-likeness (QED) is 0.808. The van der Waals surface area contributed by atoms with Gasteiger partial charge in [0.15, 0.2) is 0 Å². The Morgan fingerprint density at radius 3 is 2.82 bits per heavy atom. The third kappa shape index (κ3) is 4.33. The zero-order chi connectivity index (χ0) is 19.3. The molecule has 6 nitrogen and oxygen atoms in total. The number of amides is 1. The number of likely N-dealkylation sites (tertiary alicyclic amines) is 1. The highest BCUT2D eigenvalue weighted by atomic mass is 16.5. The van der Waals surface area contributed by atoms with Gasteiger partial charge in [0.1, 0.15) is 11.4 Å². The van der Waals surface area contributed by atoms with Crippen LogP contribution in [0.25, 0.3) is 0 Å². The van der Waals surface area contributed by atoms with Gasteiger partial charge in [-0.1, -0.05) is 12.1 Å². The zero-order valence-electron chi connectivity index (χ0n) is 16.3. The Balaban J connectivity index is 1.50. The van der Waals surface area contributed by atoms with Crippen LogP contribution in [0.2, 0.25) is 0 Å². The normalized spacial score (nSPS) is 20.8. The largest absolute Gasteiger partial charge is 0.437 e. The van der Waals surface area contributed by atoms with Gasteiger partial charge in [-0.15, -0.1) is 0 Å². The monoisotopic (exact) mass is 381 g/mol. The fourth-order valence-electron chi connectivity index (χ4n) is 4.09. The smallest absolute Gasteiger partial charge is 0.241 e. The van der Waals surface area contributed by atoms with Gasteiger partial charge in [0, 0.05) is 50.5 Å². The first-order valence-electron chi connectivity index (χ1n) is 10.1. The molecule has 3 heterocycles. The molecule has 0 N–H and O–H groups in total. The van der Waals surface area contributed by atoms with Gasteiger partial charge in [0.2, 0.25) is 11.8 Å². The fourth-order valence-corrected chi connectivity index (χ4v) is 4.09. The second-order valence-corrected chi connectivity index (χ2v) is 7.68. The Bertz CT molecular complexity index is 820. The van der Waals surface area contributed by atoms with Gasteiger partial charge < -0.3 is 14.4 Å². The SMILES string of the molecule is Cc1cccc(Oc2nccnc2[C@@H]2CCCN(C(=O)C3CCOCC3)C2)c1. The van der Waals surface area contributed by atoms with Crippen molar-refractivity contribution in [2.24, 2.45) is 5.92 Å². The lowest BCUT2D eigenvalue weighted by molar-refractivity contribution is -0.139. The van der Waals surface area contributed by atoms with E-state index < -0.39 is 0 Å². The van der Waals surface area contributed by atoms with Crippen molar-refractivity contribution < 1.29 is 14.3 Å². The van der Waals surface area contributed by atoms with Crippen LogP contribution < -0.4 is 4.74 Å². The van der Waals surface area contributed by atoms with Crippen LogP contribution in [0.5, 0.6) is 11.6 Å². The van der Waals surface area contributed by atoms with Crippen molar-refractivity contribution in [2.45, 2.75) is 38.5 Å². The van der Waals surface area contributed by atoms with Crippen molar-refractivity contribution in [3.63, 3.8) is 0 Å². The predicted octanol–water partition coefficient (Wildman–Crippen LogP) is 3.71. The number of aryl methyl sites for hydroxylation is 1. The summed E-state index contributed by atoms with van der Waals surface area (Å²) in [7, 11) is 0. The molecule has 0 bridgehead atoms. The number of benzene rings is 1. The Morgan fingerprint density at radius 1 is 1.18 bits per heavy atom. The summed E-state index contributed by atoms with van der Waals surface area (Å²) >= 11 is 0. The summed E-state index contributed by atoms with van der Waals surface area (Å²) in [6.07, 6.45) is 6.97. The molecule has 1 aromatic carbocycles. The van der Waals surface area contributed by atoms with E-state index in [1.807, 2.05) is 36.1 Å². The number of carbonyl (C=O) groups excluding carboxylic acids is 1. The average molecular weight is 381 g/mol. The number of hydrogen-bond donors (Lipinski definition) is 0. The van der Waals surface area contributed by atoms with Gasteiger partial charge in [0.25, 0.3) is 0 Å². The molecule has 0 saturated carbocycles. The van der Waals surface area contributed by atoms with Crippen molar-refractivity contribution in [3.05, 3.63) is 47.9 Å². The highest BCUT2D eigenvalue weighted by Gasteiger charge is 2.32. The van der Waals surface area contributed by atoms with Crippen LogP contribution in [-0.2, 0) is 9.53 Å². The minimum absolute atomic E-state index is 0.0948. The van der Waals surface area contributed by atoms with Crippen molar-refractivity contribution in [1.82, 2.24) is 14.9 Å². The van der Waals surface area contributed by atoms with Crippen molar-refractivity contribution >= 4 is 5.91 Å². The molecule has 0 unspecified atom stereocenters. The Labute approximate surface area is 165 Å². The average Bonchev–Trinajstić information content (AvgIpc) is 2.74. The third-order valence-corrected chi connectivity index (χ3v) is 5.59. The lowest BCUT2D eigenvalue weighted by Crippen LogP contribution is -2.43. The summed E-state index contributed by atoms with van der Waals surface area (Å²) in [4.78, 5) is 24.0. The first-order chi connectivity index (χ1) is 13.7. The van der Waals surface area contributed by atoms with Crippen molar-refractivity contribution in [2.75, 3.05) is 26.3 Å². The molecule has 2 saturated heterocycles. The second-order valence-electron chi connectivity index (χ2n) is 7.68. The molecule has 1 aromatic heterocycles. The van der Waals surface area contributed by atoms with E-state index in [0.717, 1.165) is 49.2 Å². The van der Waals surface area contributed by atoms with Crippen LogP contribution in [0, 0.1) is 12.8 Å². The van der Waals surface area contributed by atoms with Crippen LogP contribution >= 0.6 is 0 Å².